The Labute approximate surface area is 94.9 Å². The van der Waals surface area contributed by atoms with E-state index in [9.17, 15) is 8.42 Å². The Morgan fingerprint density at radius 3 is 3.00 bits per heavy atom. The molecule has 2 heterocycles. The summed E-state index contributed by atoms with van der Waals surface area (Å²) in [6.45, 7) is 2.64. The Kier molecular flexibility index (Phi) is 3.00. The van der Waals surface area contributed by atoms with E-state index in [1.807, 2.05) is 0 Å². The number of nitrogens with zero attached hydrogens (tertiary/aromatic N) is 2. The Morgan fingerprint density at radius 1 is 1.69 bits per heavy atom. The molecule has 1 atom stereocenters. The quantitative estimate of drug-likeness (QED) is 0.772. The second kappa shape index (κ2) is 4.15. The summed E-state index contributed by atoms with van der Waals surface area (Å²) in [6.07, 6.45) is 3.06. The van der Waals surface area contributed by atoms with Crippen LogP contribution in [0.1, 0.15) is 18.7 Å². The van der Waals surface area contributed by atoms with Crippen LogP contribution in [0.15, 0.2) is 11.2 Å². The fourth-order valence-corrected chi connectivity index (χ4v) is 3.69. The fraction of sp³-hybridized carbons (Fsp3) is 0.667. The predicted molar refractivity (Wildman–Crippen MR) is 59.3 cm³/mol. The average molecular weight is 244 g/mol. The third-order valence-electron chi connectivity index (χ3n) is 2.86. The molecule has 1 aromatic heterocycles. The molecule has 1 saturated heterocycles. The van der Waals surface area contributed by atoms with Crippen LogP contribution in [0, 0.1) is 6.92 Å². The maximum absolute atomic E-state index is 12.2. The van der Waals surface area contributed by atoms with E-state index in [2.05, 4.69) is 9.97 Å². The molecule has 16 heavy (non-hydrogen) atoms. The van der Waals surface area contributed by atoms with Crippen molar-refractivity contribution in [3.63, 3.8) is 0 Å². The number of H-pyrrole nitrogens is 1. The van der Waals surface area contributed by atoms with Crippen LogP contribution in [0.25, 0.3) is 0 Å². The molecular formula is C9H16N4O2S. The van der Waals surface area contributed by atoms with Gasteiger partial charge in [0.05, 0.1) is 6.20 Å². The number of nitrogens with one attached hydrogen (secondary N) is 1. The van der Waals surface area contributed by atoms with Crippen LogP contribution < -0.4 is 5.73 Å². The van der Waals surface area contributed by atoms with Gasteiger partial charge in [0.25, 0.3) is 10.0 Å². The van der Waals surface area contributed by atoms with Crippen molar-refractivity contribution in [3.8, 4) is 0 Å². The summed E-state index contributed by atoms with van der Waals surface area (Å²) in [4.78, 5) is 6.67. The number of sulfonamides is 1. The van der Waals surface area contributed by atoms with Crippen LogP contribution in [0.5, 0.6) is 0 Å². The molecule has 2 rings (SSSR count). The van der Waals surface area contributed by atoms with Gasteiger partial charge in [0.2, 0.25) is 0 Å². The monoisotopic (exact) mass is 244 g/mol. The lowest BCUT2D eigenvalue weighted by Crippen LogP contribution is -2.39. The van der Waals surface area contributed by atoms with Gasteiger partial charge in [-0.3, -0.25) is 0 Å². The van der Waals surface area contributed by atoms with Crippen molar-refractivity contribution < 1.29 is 8.42 Å². The molecule has 1 aromatic rings. The van der Waals surface area contributed by atoms with E-state index >= 15 is 0 Å². The number of nitrogens with two attached hydrogens (primary N) is 1. The molecule has 1 fully saturated rings. The van der Waals surface area contributed by atoms with Gasteiger partial charge in [-0.05, 0) is 19.8 Å². The van der Waals surface area contributed by atoms with E-state index in [1.165, 1.54) is 10.5 Å². The van der Waals surface area contributed by atoms with Crippen molar-refractivity contribution in [2.24, 2.45) is 5.73 Å². The first-order valence-electron chi connectivity index (χ1n) is 5.29. The first-order valence-corrected chi connectivity index (χ1v) is 6.73. The summed E-state index contributed by atoms with van der Waals surface area (Å²) >= 11 is 0. The SMILES string of the molecule is Cc1ncc(S(=O)(=O)N2CCCC2CN)[nH]1. The van der Waals surface area contributed by atoms with Gasteiger partial charge in [-0.1, -0.05) is 0 Å². The number of rotatable bonds is 3. The lowest BCUT2D eigenvalue weighted by atomic mass is 10.2. The molecule has 7 heteroatoms. The summed E-state index contributed by atoms with van der Waals surface area (Å²) in [5.74, 6) is 0.599. The highest BCUT2D eigenvalue weighted by Crippen LogP contribution is 2.24. The number of aryl methyl sites for hydroxylation is 1. The molecule has 6 nitrogen and oxygen atoms in total. The van der Waals surface area contributed by atoms with E-state index in [0.717, 1.165) is 12.8 Å². The second-order valence-electron chi connectivity index (χ2n) is 3.98. The molecule has 1 aliphatic rings. The highest BCUT2D eigenvalue weighted by atomic mass is 32.2. The van der Waals surface area contributed by atoms with Gasteiger partial charge in [0.1, 0.15) is 5.82 Å². The fourth-order valence-electron chi connectivity index (χ4n) is 2.02. The van der Waals surface area contributed by atoms with Crippen LogP contribution in [-0.2, 0) is 10.0 Å². The molecule has 0 aromatic carbocycles. The summed E-state index contributed by atoms with van der Waals surface area (Å²) < 4.78 is 25.9. The van der Waals surface area contributed by atoms with Gasteiger partial charge in [0, 0.05) is 19.1 Å². The number of hydrogen-bond acceptors (Lipinski definition) is 4. The molecule has 0 radical (unpaired) electrons. The molecule has 0 spiro atoms. The lowest BCUT2D eigenvalue weighted by molar-refractivity contribution is 0.391. The summed E-state index contributed by atoms with van der Waals surface area (Å²) in [5.41, 5.74) is 5.57. The van der Waals surface area contributed by atoms with E-state index < -0.39 is 10.0 Å². The van der Waals surface area contributed by atoms with Gasteiger partial charge in [-0.25, -0.2) is 13.4 Å². The summed E-state index contributed by atoms with van der Waals surface area (Å²) in [6, 6.07) is -0.0754. The summed E-state index contributed by atoms with van der Waals surface area (Å²) in [7, 11) is -3.44. The van der Waals surface area contributed by atoms with Gasteiger partial charge in [-0.2, -0.15) is 4.31 Å². The minimum absolute atomic E-state index is 0.0754. The molecular weight excluding hydrogens is 228 g/mol. The highest BCUT2D eigenvalue weighted by Gasteiger charge is 2.35. The average Bonchev–Trinajstić information content (AvgIpc) is 2.85. The third kappa shape index (κ3) is 1.85. The number of aromatic nitrogens is 2. The minimum Gasteiger partial charge on any atom is -0.332 e. The first-order chi connectivity index (χ1) is 7.55. The first kappa shape index (κ1) is 11.6. The zero-order chi connectivity index (χ0) is 11.8. The summed E-state index contributed by atoms with van der Waals surface area (Å²) in [5, 5.41) is 0.158. The van der Waals surface area contributed by atoms with Crippen LogP contribution in [0.2, 0.25) is 0 Å². The van der Waals surface area contributed by atoms with E-state index in [-0.39, 0.29) is 11.1 Å². The van der Waals surface area contributed by atoms with Gasteiger partial charge < -0.3 is 10.7 Å². The molecule has 3 N–H and O–H groups in total. The van der Waals surface area contributed by atoms with Crippen molar-refractivity contribution in [1.82, 2.24) is 14.3 Å². The topological polar surface area (TPSA) is 92.1 Å². The largest absolute Gasteiger partial charge is 0.332 e. The molecule has 0 saturated carbocycles. The Bertz CT molecular complexity index is 468. The molecule has 0 amide bonds. The Hall–Kier alpha value is -0.920. The molecule has 1 aliphatic heterocycles. The van der Waals surface area contributed by atoms with Crippen LogP contribution in [0.4, 0.5) is 0 Å². The maximum Gasteiger partial charge on any atom is 0.260 e. The molecule has 1 unspecified atom stereocenters. The molecule has 0 bridgehead atoms. The van der Waals surface area contributed by atoms with Gasteiger partial charge >= 0.3 is 0 Å². The minimum atomic E-state index is -3.44. The van der Waals surface area contributed by atoms with Crippen molar-refractivity contribution in [3.05, 3.63) is 12.0 Å². The standard InChI is InChI=1S/C9H16N4O2S/c1-7-11-6-9(12-7)16(14,15)13-4-2-3-8(13)5-10/h6,8H,2-5,10H2,1H3,(H,11,12). The number of hydrogen-bond donors (Lipinski definition) is 2. The van der Waals surface area contributed by atoms with E-state index in [1.54, 1.807) is 6.92 Å². The van der Waals surface area contributed by atoms with Crippen molar-refractivity contribution in [2.45, 2.75) is 30.8 Å². The predicted octanol–water partition coefficient (Wildman–Crippen LogP) is -0.170. The zero-order valence-electron chi connectivity index (χ0n) is 9.18. The maximum atomic E-state index is 12.2. The second-order valence-corrected chi connectivity index (χ2v) is 5.84. The lowest BCUT2D eigenvalue weighted by Gasteiger charge is -2.21. The van der Waals surface area contributed by atoms with Gasteiger partial charge in [-0.15, -0.1) is 0 Å². The van der Waals surface area contributed by atoms with Crippen molar-refractivity contribution in [2.75, 3.05) is 13.1 Å². The normalized spacial score (nSPS) is 22.8. The molecule has 90 valence electrons. The third-order valence-corrected chi connectivity index (χ3v) is 4.72. The van der Waals surface area contributed by atoms with Crippen molar-refractivity contribution in [1.29, 1.82) is 0 Å². The van der Waals surface area contributed by atoms with E-state index in [4.69, 9.17) is 5.73 Å². The zero-order valence-corrected chi connectivity index (χ0v) is 10.00. The van der Waals surface area contributed by atoms with Crippen molar-refractivity contribution >= 4 is 10.0 Å². The Balaban J connectivity index is 2.32. The molecule has 0 aliphatic carbocycles. The van der Waals surface area contributed by atoms with E-state index in [0.29, 0.717) is 18.9 Å². The van der Waals surface area contributed by atoms with Crippen LogP contribution in [-0.4, -0.2) is 41.8 Å². The number of aromatic amines is 1. The smallest absolute Gasteiger partial charge is 0.260 e. The van der Waals surface area contributed by atoms with Crippen LogP contribution in [0.3, 0.4) is 0 Å². The Morgan fingerprint density at radius 2 is 2.44 bits per heavy atom. The highest BCUT2D eigenvalue weighted by molar-refractivity contribution is 7.89. The number of imidazole rings is 1. The van der Waals surface area contributed by atoms with Crippen LogP contribution >= 0.6 is 0 Å². The van der Waals surface area contributed by atoms with Gasteiger partial charge in [0.15, 0.2) is 5.03 Å².